The molecular formula is C18H13ClN4OS. The second-order valence-electron chi connectivity index (χ2n) is 5.60. The van der Waals surface area contributed by atoms with Gasteiger partial charge in [0.15, 0.2) is 0 Å². The molecule has 5 nitrogen and oxygen atoms in total. The summed E-state index contributed by atoms with van der Waals surface area (Å²) in [5.74, 6) is 0.467. The molecule has 25 heavy (non-hydrogen) atoms. The Labute approximate surface area is 152 Å². The maximum absolute atomic E-state index is 12.2. The van der Waals surface area contributed by atoms with E-state index in [-0.39, 0.29) is 5.56 Å². The Bertz CT molecular complexity index is 1100. The van der Waals surface area contributed by atoms with Crippen LogP contribution >= 0.6 is 22.9 Å². The van der Waals surface area contributed by atoms with Crippen LogP contribution in [0.1, 0.15) is 5.56 Å². The Hall–Kier alpha value is -2.70. The molecule has 0 amide bonds. The zero-order valence-corrected chi connectivity index (χ0v) is 14.6. The van der Waals surface area contributed by atoms with E-state index in [0.717, 1.165) is 21.5 Å². The molecular weight excluding hydrogens is 356 g/mol. The lowest BCUT2D eigenvalue weighted by Crippen LogP contribution is -2.11. The molecule has 2 N–H and O–H groups in total. The molecule has 0 radical (unpaired) electrons. The summed E-state index contributed by atoms with van der Waals surface area (Å²) < 4.78 is 2.59. The summed E-state index contributed by atoms with van der Waals surface area (Å²) >= 11 is 7.35. The number of hydrogen-bond acceptors (Lipinski definition) is 5. The third-order valence-corrected chi connectivity index (χ3v) is 5.28. The number of rotatable bonds is 3. The van der Waals surface area contributed by atoms with E-state index in [1.54, 1.807) is 18.6 Å². The molecule has 0 fully saturated rings. The van der Waals surface area contributed by atoms with Crippen molar-refractivity contribution in [3.8, 4) is 10.4 Å². The first-order valence-electron chi connectivity index (χ1n) is 7.55. The number of halogens is 1. The molecule has 0 saturated heterocycles. The Kier molecular flexibility index (Phi) is 3.99. The monoisotopic (exact) mass is 368 g/mol. The fourth-order valence-electron chi connectivity index (χ4n) is 2.60. The molecule has 0 aliphatic carbocycles. The molecule has 0 unspecified atom stereocenters. The summed E-state index contributed by atoms with van der Waals surface area (Å²) in [6, 6.07) is 13.3. The Morgan fingerprint density at radius 2 is 1.92 bits per heavy atom. The average Bonchev–Trinajstić information content (AvgIpc) is 3.06. The van der Waals surface area contributed by atoms with E-state index >= 15 is 0 Å². The van der Waals surface area contributed by atoms with Gasteiger partial charge in [0.05, 0.1) is 11.8 Å². The van der Waals surface area contributed by atoms with Gasteiger partial charge in [0.25, 0.3) is 5.56 Å². The van der Waals surface area contributed by atoms with Crippen LogP contribution in [0.2, 0.25) is 5.02 Å². The van der Waals surface area contributed by atoms with E-state index in [9.17, 15) is 4.79 Å². The maximum Gasteiger partial charge on any atom is 0.290 e. The lowest BCUT2D eigenvalue weighted by Gasteiger charge is -2.07. The molecule has 0 spiro atoms. The van der Waals surface area contributed by atoms with Gasteiger partial charge in [0, 0.05) is 28.2 Å². The van der Waals surface area contributed by atoms with Crippen LogP contribution in [-0.4, -0.2) is 14.5 Å². The van der Waals surface area contributed by atoms with Crippen molar-refractivity contribution in [2.45, 2.75) is 6.54 Å². The molecule has 1 aromatic carbocycles. The molecule has 3 aromatic heterocycles. The van der Waals surface area contributed by atoms with Crippen molar-refractivity contribution in [3.63, 3.8) is 0 Å². The smallest absolute Gasteiger partial charge is 0.290 e. The summed E-state index contributed by atoms with van der Waals surface area (Å²) in [5.41, 5.74) is 8.28. The van der Waals surface area contributed by atoms with Gasteiger partial charge in [0.1, 0.15) is 10.5 Å². The zero-order valence-electron chi connectivity index (χ0n) is 13.0. The summed E-state index contributed by atoms with van der Waals surface area (Å²) in [5, 5.41) is 0.695. The Balaban J connectivity index is 1.80. The first kappa shape index (κ1) is 15.8. The number of anilines is 1. The maximum atomic E-state index is 12.2. The standard InChI is InChI=1S/C18H13ClN4OS/c19-13-4-1-11(2-5-13)9-23-10-22-18(24)17-14(23)7-15(25-17)12-3-6-16(20)21-8-12/h1-8,10H,9H2,(H2,20,21). The molecule has 0 aliphatic rings. The fraction of sp³-hybridized carbons (Fsp3) is 0.0556. The Morgan fingerprint density at radius 3 is 2.64 bits per heavy atom. The van der Waals surface area contributed by atoms with Crippen LogP contribution in [0.25, 0.3) is 20.7 Å². The first-order chi connectivity index (χ1) is 12.1. The van der Waals surface area contributed by atoms with Gasteiger partial charge in [-0.25, -0.2) is 4.98 Å². The SMILES string of the molecule is Nc1ccc(-c2cc3c(s2)c(=O)ncn3Cc2ccc(Cl)cc2)cn1. The van der Waals surface area contributed by atoms with Gasteiger partial charge in [-0.2, -0.15) is 4.98 Å². The minimum atomic E-state index is -0.220. The predicted molar refractivity (Wildman–Crippen MR) is 102 cm³/mol. The summed E-state index contributed by atoms with van der Waals surface area (Å²) in [7, 11) is 0. The van der Waals surface area contributed by atoms with E-state index < -0.39 is 0 Å². The number of pyridine rings is 1. The third-order valence-electron chi connectivity index (χ3n) is 3.87. The quantitative estimate of drug-likeness (QED) is 0.596. The topological polar surface area (TPSA) is 73.8 Å². The Morgan fingerprint density at radius 1 is 1.12 bits per heavy atom. The number of hydrogen-bond donors (Lipinski definition) is 1. The van der Waals surface area contributed by atoms with E-state index in [0.29, 0.717) is 22.1 Å². The average molecular weight is 369 g/mol. The number of aromatic nitrogens is 3. The zero-order chi connectivity index (χ0) is 17.4. The number of nitrogens with zero attached hydrogens (tertiary/aromatic N) is 3. The van der Waals surface area contributed by atoms with Crippen LogP contribution in [0.3, 0.4) is 0 Å². The van der Waals surface area contributed by atoms with E-state index in [4.69, 9.17) is 17.3 Å². The normalized spacial score (nSPS) is 11.1. The van der Waals surface area contributed by atoms with Crippen LogP contribution in [0, 0.1) is 0 Å². The number of benzene rings is 1. The van der Waals surface area contributed by atoms with Gasteiger partial charge < -0.3 is 10.3 Å². The molecule has 0 aliphatic heterocycles. The van der Waals surface area contributed by atoms with Crippen molar-refractivity contribution in [2.75, 3.05) is 5.73 Å². The summed E-state index contributed by atoms with van der Waals surface area (Å²) in [6.07, 6.45) is 3.29. The van der Waals surface area contributed by atoms with Crippen LogP contribution in [0.5, 0.6) is 0 Å². The van der Waals surface area contributed by atoms with E-state index in [1.807, 2.05) is 41.0 Å². The number of thiophene rings is 1. The predicted octanol–water partition coefficient (Wildman–Crippen LogP) is 3.80. The lowest BCUT2D eigenvalue weighted by molar-refractivity contribution is 0.800. The number of nitrogen functional groups attached to an aromatic ring is 1. The van der Waals surface area contributed by atoms with Gasteiger partial charge >= 0.3 is 0 Å². The molecule has 4 aromatic rings. The largest absolute Gasteiger partial charge is 0.384 e. The third kappa shape index (κ3) is 3.14. The first-order valence-corrected chi connectivity index (χ1v) is 8.75. The molecule has 0 bridgehead atoms. The van der Waals surface area contributed by atoms with Crippen LogP contribution in [-0.2, 0) is 6.54 Å². The van der Waals surface area contributed by atoms with Crippen molar-refractivity contribution >= 4 is 39.0 Å². The molecule has 124 valence electrons. The highest BCUT2D eigenvalue weighted by atomic mass is 35.5. The highest BCUT2D eigenvalue weighted by molar-refractivity contribution is 7.22. The van der Waals surface area contributed by atoms with Gasteiger partial charge in [-0.1, -0.05) is 23.7 Å². The number of fused-ring (bicyclic) bond motifs is 1. The van der Waals surface area contributed by atoms with Crippen LogP contribution in [0.4, 0.5) is 5.82 Å². The summed E-state index contributed by atoms with van der Waals surface area (Å²) in [4.78, 5) is 21.2. The lowest BCUT2D eigenvalue weighted by atomic mass is 10.2. The van der Waals surface area contributed by atoms with Crippen molar-refractivity contribution in [1.29, 1.82) is 0 Å². The summed E-state index contributed by atoms with van der Waals surface area (Å²) in [6.45, 7) is 0.608. The molecule has 4 rings (SSSR count). The molecule has 7 heteroatoms. The minimum Gasteiger partial charge on any atom is -0.384 e. The molecule has 0 saturated carbocycles. The van der Waals surface area contributed by atoms with Gasteiger partial charge in [-0.05, 0) is 35.9 Å². The van der Waals surface area contributed by atoms with Crippen molar-refractivity contribution in [1.82, 2.24) is 14.5 Å². The highest BCUT2D eigenvalue weighted by Crippen LogP contribution is 2.31. The van der Waals surface area contributed by atoms with E-state index in [2.05, 4.69) is 9.97 Å². The van der Waals surface area contributed by atoms with Crippen molar-refractivity contribution in [2.24, 2.45) is 0 Å². The van der Waals surface area contributed by atoms with Crippen LogP contribution in [0.15, 0.2) is 59.8 Å². The molecule has 0 atom stereocenters. The fourth-order valence-corrected chi connectivity index (χ4v) is 3.77. The second kappa shape index (κ2) is 6.31. The highest BCUT2D eigenvalue weighted by Gasteiger charge is 2.11. The minimum absolute atomic E-state index is 0.220. The van der Waals surface area contributed by atoms with E-state index in [1.165, 1.54) is 11.3 Å². The van der Waals surface area contributed by atoms with Crippen molar-refractivity contribution < 1.29 is 0 Å². The second-order valence-corrected chi connectivity index (χ2v) is 7.09. The number of nitrogens with two attached hydrogens (primary N) is 1. The van der Waals surface area contributed by atoms with Gasteiger partial charge in [-0.3, -0.25) is 4.79 Å². The molecule has 3 heterocycles. The van der Waals surface area contributed by atoms with Gasteiger partial charge in [0.2, 0.25) is 0 Å². The van der Waals surface area contributed by atoms with Gasteiger partial charge in [-0.15, -0.1) is 11.3 Å². The van der Waals surface area contributed by atoms with Crippen molar-refractivity contribution in [3.05, 3.63) is 75.9 Å². The van der Waals surface area contributed by atoms with Crippen LogP contribution < -0.4 is 11.3 Å².